The van der Waals surface area contributed by atoms with Crippen molar-refractivity contribution in [3.63, 3.8) is 0 Å². The van der Waals surface area contributed by atoms with Crippen molar-refractivity contribution in [2.24, 2.45) is 0 Å². The number of carbonyl (C=O) groups excluding carboxylic acids is 1. The monoisotopic (exact) mass is 471 g/mol. The second kappa shape index (κ2) is 11.6. The largest absolute Gasteiger partial charge is 0.492 e. The number of amides is 1. The highest BCUT2D eigenvalue weighted by Gasteiger charge is 2.11. The Hall–Kier alpha value is -3.80. The van der Waals surface area contributed by atoms with E-state index >= 15 is 0 Å². The van der Waals surface area contributed by atoms with Gasteiger partial charge in [0.05, 0.1) is 17.6 Å². The molecule has 35 heavy (non-hydrogen) atoms. The molecule has 0 fully saturated rings. The molecule has 0 radical (unpaired) electrons. The van der Waals surface area contributed by atoms with Gasteiger partial charge in [0.1, 0.15) is 23.9 Å². The minimum absolute atomic E-state index is 0.0130. The maximum atomic E-state index is 12.3. The maximum absolute atomic E-state index is 12.3. The lowest BCUT2D eigenvalue weighted by atomic mass is 10.1. The first-order valence-corrected chi connectivity index (χ1v) is 12.1. The summed E-state index contributed by atoms with van der Waals surface area (Å²) in [5.74, 6) is 2.51. The molecule has 0 aliphatic carbocycles. The Morgan fingerprint density at radius 1 is 0.943 bits per heavy atom. The number of hydrogen-bond donors (Lipinski definition) is 1. The Kier molecular flexibility index (Phi) is 8.03. The summed E-state index contributed by atoms with van der Waals surface area (Å²) in [6.07, 6.45) is 1.55. The van der Waals surface area contributed by atoms with Crippen molar-refractivity contribution in [1.29, 1.82) is 0 Å². The lowest BCUT2D eigenvalue weighted by Crippen LogP contribution is -2.30. The van der Waals surface area contributed by atoms with E-state index in [2.05, 4.69) is 28.9 Å². The van der Waals surface area contributed by atoms with E-state index in [0.717, 1.165) is 52.3 Å². The average Bonchev–Trinajstić information content (AvgIpc) is 3.20. The van der Waals surface area contributed by atoms with Crippen LogP contribution in [0.4, 0.5) is 0 Å². The third-order valence-electron chi connectivity index (χ3n) is 5.91. The van der Waals surface area contributed by atoms with Crippen LogP contribution in [0.15, 0.2) is 66.7 Å². The van der Waals surface area contributed by atoms with Crippen molar-refractivity contribution in [1.82, 2.24) is 14.9 Å². The number of ether oxygens (including phenoxy) is 2. The summed E-state index contributed by atoms with van der Waals surface area (Å²) in [4.78, 5) is 17.1. The number of fused-ring (bicyclic) bond motifs is 1. The van der Waals surface area contributed by atoms with Gasteiger partial charge in [-0.2, -0.15) is 0 Å². The van der Waals surface area contributed by atoms with Crippen molar-refractivity contribution >= 4 is 16.9 Å². The van der Waals surface area contributed by atoms with Crippen molar-refractivity contribution < 1.29 is 14.3 Å². The summed E-state index contributed by atoms with van der Waals surface area (Å²) in [5, 5.41) is 2.95. The SMILES string of the molecule is Cc1cccc(OCCn2c(CCCNC(=O)COc3cc(C)ccc3C)nc3ccccc32)c1. The average molecular weight is 472 g/mol. The highest BCUT2D eigenvalue weighted by molar-refractivity contribution is 5.77. The van der Waals surface area contributed by atoms with Gasteiger partial charge in [-0.25, -0.2) is 4.98 Å². The number of nitrogens with one attached hydrogen (secondary N) is 1. The van der Waals surface area contributed by atoms with Gasteiger partial charge in [0, 0.05) is 13.0 Å². The zero-order valence-electron chi connectivity index (χ0n) is 20.7. The molecule has 4 rings (SSSR count). The van der Waals surface area contributed by atoms with Crippen LogP contribution in [0.3, 0.4) is 0 Å². The molecule has 1 N–H and O–H groups in total. The van der Waals surface area contributed by atoms with Crippen LogP contribution in [0.2, 0.25) is 0 Å². The second-order valence-corrected chi connectivity index (χ2v) is 8.84. The maximum Gasteiger partial charge on any atom is 0.257 e. The van der Waals surface area contributed by atoms with Crippen LogP contribution in [0.25, 0.3) is 11.0 Å². The minimum atomic E-state index is -0.119. The van der Waals surface area contributed by atoms with Crippen LogP contribution >= 0.6 is 0 Å². The van der Waals surface area contributed by atoms with Crippen LogP contribution in [-0.4, -0.2) is 35.2 Å². The molecule has 0 saturated carbocycles. The summed E-state index contributed by atoms with van der Waals surface area (Å²) in [6.45, 7) is 7.89. The van der Waals surface area contributed by atoms with Crippen LogP contribution in [0, 0.1) is 20.8 Å². The number of nitrogens with zero attached hydrogens (tertiary/aromatic N) is 2. The quantitative estimate of drug-likeness (QED) is 0.307. The van der Waals surface area contributed by atoms with Gasteiger partial charge in [0.15, 0.2) is 6.61 Å². The highest BCUT2D eigenvalue weighted by atomic mass is 16.5. The predicted octanol–water partition coefficient (Wildman–Crippen LogP) is 5.17. The summed E-state index contributed by atoms with van der Waals surface area (Å²) >= 11 is 0. The van der Waals surface area contributed by atoms with E-state index in [1.54, 1.807) is 0 Å². The highest BCUT2D eigenvalue weighted by Crippen LogP contribution is 2.20. The van der Waals surface area contributed by atoms with Gasteiger partial charge >= 0.3 is 0 Å². The molecule has 0 aliphatic heterocycles. The van der Waals surface area contributed by atoms with E-state index in [1.807, 2.05) is 68.4 Å². The molecule has 4 aromatic rings. The Labute approximate surface area is 206 Å². The summed E-state index contributed by atoms with van der Waals surface area (Å²) in [5.41, 5.74) is 5.38. The minimum Gasteiger partial charge on any atom is -0.492 e. The van der Waals surface area contributed by atoms with Gasteiger partial charge in [0.25, 0.3) is 5.91 Å². The smallest absolute Gasteiger partial charge is 0.257 e. The fourth-order valence-electron chi connectivity index (χ4n) is 4.06. The van der Waals surface area contributed by atoms with Crippen molar-refractivity contribution in [2.45, 2.75) is 40.2 Å². The lowest BCUT2D eigenvalue weighted by molar-refractivity contribution is -0.123. The predicted molar refractivity (Wildman–Crippen MR) is 139 cm³/mol. The first-order valence-electron chi connectivity index (χ1n) is 12.1. The van der Waals surface area contributed by atoms with E-state index in [9.17, 15) is 4.79 Å². The van der Waals surface area contributed by atoms with E-state index in [-0.39, 0.29) is 12.5 Å². The van der Waals surface area contributed by atoms with E-state index in [4.69, 9.17) is 14.5 Å². The summed E-state index contributed by atoms with van der Waals surface area (Å²) in [7, 11) is 0. The van der Waals surface area contributed by atoms with Crippen molar-refractivity contribution in [2.75, 3.05) is 19.8 Å². The van der Waals surface area contributed by atoms with E-state index in [0.29, 0.717) is 19.7 Å². The molecular weight excluding hydrogens is 438 g/mol. The number of aromatic nitrogens is 2. The molecule has 0 aliphatic rings. The molecule has 0 unspecified atom stereocenters. The molecular formula is C29H33N3O3. The van der Waals surface area contributed by atoms with Gasteiger partial charge in [-0.05, 0) is 74.2 Å². The number of imidazole rings is 1. The standard InChI is InChI=1S/C29H33N3O3/c1-21-8-6-9-24(18-21)34-17-16-32-26-11-5-4-10-25(26)31-28(32)12-7-15-30-29(33)20-35-27-19-22(2)13-14-23(27)3/h4-6,8-11,13-14,18-19H,7,12,15-17,20H2,1-3H3,(H,30,33). The first-order chi connectivity index (χ1) is 17.0. The molecule has 1 aromatic heterocycles. The molecule has 6 heteroatoms. The molecule has 0 spiro atoms. The molecule has 1 amide bonds. The fourth-order valence-corrected chi connectivity index (χ4v) is 4.06. The van der Waals surface area contributed by atoms with Gasteiger partial charge < -0.3 is 19.4 Å². The van der Waals surface area contributed by atoms with E-state index in [1.165, 1.54) is 5.56 Å². The Balaban J connectivity index is 1.29. The normalized spacial score (nSPS) is 10.9. The number of carbonyl (C=O) groups is 1. The van der Waals surface area contributed by atoms with Gasteiger partial charge in [0.2, 0.25) is 0 Å². The van der Waals surface area contributed by atoms with Crippen molar-refractivity contribution in [3.05, 3.63) is 89.2 Å². The van der Waals surface area contributed by atoms with Crippen LogP contribution in [0.1, 0.15) is 28.9 Å². The Morgan fingerprint density at radius 2 is 1.77 bits per heavy atom. The van der Waals surface area contributed by atoms with Gasteiger partial charge in [-0.1, -0.05) is 36.4 Å². The number of benzene rings is 3. The molecule has 1 heterocycles. The summed E-state index contributed by atoms with van der Waals surface area (Å²) in [6, 6.07) is 22.2. The Bertz CT molecular complexity index is 1300. The van der Waals surface area contributed by atoms with Crippen LogP contribution in [0.5, 0.6) is 11.5 Å². The molecule has 0 bridgehead atoms. The molecule has 3 aromatic carbocycles. The fraction of sp³-hybridized carbons (Fsp3) is 0.310. The number of para-hydroxylation sites is 2. The van der Waals surface area contributed by atoms with E-state index < -0.39 is 0 Å². The summed E-state index contributed by atoms with van der Waals surface area (Å²) < 4.78 is 13.9. The first kappa shape index (κ1) is 24.3. The van der Waals surface area contributed by atoms with Crippen LogP contribution < -0.4 is 14.8 Å². The molecule has 0 saturated heterocycles. The molecule has 0 atom stereocenters. The van der Waals surface area contributed by atoms with Gasteiger partial charge in [-0.15, -0.1) is 0 Å². The third kappa shape index (κ3) is 6.63. The number of hydrogen-bond acceptors (Lipinski definition) is 4. The molecule has 182 valence electrons. The number of rotatable bonds is 11. The van der Waals surface area contributed by atoms with Crippen LogP contribution in [-0.2, 0) is 17.8 Å². The topological polar surface area (TPSA) is 65.4 Å². The number of aryl methyl sites for hydroxylation is 4. The molecule has 6 nitrogen and oxygen atoms in total. The second-order valence-electron chi connectivity index (χ2n) is 8.84. The van der Waals surface area contributed by atoms with Crippen molar-refractivity contribution in [3.8, 4) is 11.5 Å². The lowest BCUT2D eigenvalue weighted by Gasteiger charge is -2.12. The third-order valence-corrected chi connectivity index (χ3v) is 5.91. The van der Waals surface area contributed by atoms with Gasteiger partial charge in [-0.3, -0.25) is 4.79 Å². The Morgan fingerprint density at radius 3 is 2.63 bits per heavy atom. The zero-order valence-corrected chi connectivity index (χ0v) is 20.7. The zero-order chi connectivity index (χ0) is 24.6.